The quantitative estimate of drug-likeness (QED) is 0.774. The maximum atomic E-state index is 5.37. The van der Waals surface area contributed by atoms with Crippen molar-refractivity contribution in [3.63, 3.8) is 0 Å². The van der Waals surface area contributed by atoms with Crippen LogP contribution in [0, 0.1) is 0 Å². The fraction of sp³-hybridized carbons (Fsp3) is 0.800. The van der Waals surface area contributed by atoms with E-state index in [0.717, 1.165) is 57.0 Å². The molecule has 1 aliphatic heterocycles. The van der Waals surface area contributed by atoms with Crippen molar-refractivity contribution in [2.45, 2.75) is 71.5 Å². The molecule has 0 aromatic carbocycles. The first-order valence-electron chi connectivity index (χ1n) is 8.51. The van der Waals surface area contributed by atoms with Crippen LogP contribution in [0.3, 0.4) is 0 Å². The molecule has 0 amide bonds. The van der Waals surface area contributed by atoms with Crippen molar-refractivity contribution < 1.29 is 4.52 Å². The van der Waals surface area contributed by atoms with Gasteiger partial charge in [-0.1, -0.05) is 32.3 Å². The summed E-state index contributed by atoms with van der Waals surface area (Å²) in [5.41, 5.74) is 0. The van der Waals surface area contributed by atoms with Crippen LogP contribution < -0.4 is 0 Å². The van der Waals surface area contributed by atoms with Crippen LogP contribution in [0.25, 0.3) is 0 Å². The molecule has 23 heavy (non-hydrogen) atoms. The van der Waals surface area contributed by atoms with Gasteiger partial charge in [-0.3, -0.25) is 4.90 Å². The lowest BCUT2D eigenvalue weighted by Crippen LogP contribution is -2.25. The third-order valence-electron chi connectivity index (χ3n) is 4.29. The Kier molecular flexibility index (Phi) is 5.00. The van der Waals surface area contributed by atoms with E-state index in [0.29, 0.717) is 5.89 Å². The van der Waals surface area contributed by atoms with Gasteiger partial charge in [0, 0.05) is 12.5 Å². The summed E-state index contributed by atoms with van der Waals surface area (Å²) < 4.78 is 7.28. The Balaban J connectivity index is 1.70. The Morgan fingerprint density at radius 2 is 2.22 bits per heavy atom. The second-order valence-corrected chi connectivity index (χ2v) is 6.45. The number of aryl methyl sites for hydroxylation is 1. The van der Waals surface area contributed by atoms with Crippen LogP contribution in [-0.2, 0) is 13.1 Å². The lowest BCUT2D eigenvalue weighted by atomic mass is 10.2. The average molecular weight is 319 g/mol. The van der Waals surface area contributed by atoms with E-state index in [1.807, 2.05) is 4.68 Å². The molecule has 126 valence electrons. The summed E-state index contributed by atoms with van der Waals surface area (Å²) >= 11 is 0. The summed E-state index contributed by atoms with van der Waals surface area (Å²) in [5, 5.41) is 16.3. The number of unbranched alkanes of at least 4 members (excludes halogenated alkanes) is 1. The highest BCUT2D eigenvalue weighted by Gasteiger charge is 2.31. The second kappa shape index (κ2) is 7.16. The number of rotatable bonds is 7. The Morgan fingerprint density at radius 1 is 1.35 bits per heavy atom. The summed E-state index contributed by atoms with van der Waals surface area (Å²) in [4.78, 5) is 6.92. The van der Waals surface area contributed by atoms with Gasteiger partial charge in [0.25, 0.3) is 0 Å². The van der Waals surface area contributed by atoms with Crippen LogP contribution in [0.2, 0.25) is 0 Å². The molecule has 1 fully saturated rings. The molecule has 0 N–H and O–H groups in total. The second-order valence-electron chi connectivity index (χ2n) is 6.45. The zero-order chi connectivity index (χ0) is 16.2. The topological polar surface area (TPSA) is 85.8 Å². The molecule has 0 unspecified atom stereocenters. The monoisotopic (exact) mass is 319 g/mol. The number of aromatic nitrogens is 6. The van der Waals surface area contributed by atoms with E-state index in [1.54, 1.807) is 0 Å². The third-order valence-corrected chi connectivity index (χ3v) is 4.29. The van der Waals surface area contributed by atoms with Gasteiger partial charge in [-0.05, 0) is 36.2 Å². The maximum absolute atomic E-state index is 5.37. The van der Waals surface area contributed by atoms with Gasteiger partial charge in [-0.2, -0.15) is 4.98 Å². The number of tetrazole rings is 1. The van der Waals surface area contributed by atoms with E-state index in [2.05, 4.69) is 51.3 Å². The first-order valence-corrected chi connectivity index (χ1v) is 8.51. The molecule has 1 atom stereocenters. The molecule has 1 saturated heterocycles. The van der Waals surface area contributed by atoms with Crippen LogP contribution in [0.15, 0.2) is 4.52 Å². The van der Waals surface area contributed by atoms with Crippen LogP contribution in [0.5, 0.6) is 0 Å². The first kappa shape index (κ1) is 16.0. The fourth-order valence-electron chi connectivity index (χ4n) is 2.92. The average Bonchev–Trinajstić information content (AvgIpc) is 3.26. The predicted molar refractivity (Wildman–Crippen MR) is 83.5 cm³/mol. The number of hydrogen-bond donors (Lipinski definition) is 0. The molecule has 8 heteroatoms. The van der Waals surface area contributed by atoms with Gasteiger partial charge in [0.2, 0.25) is 5.89 Å². The normalized spacial score (nSPS) is 19.0. The molecule has 0 aliphatic carbocycles. The maximum Gasteiger partial charge on any atom is 0.229 e. The first-order chi connectivity index (χ1) is 11.2. The van der Waals surface area contributed by atoms with Gasteiger partial charge in [-0.25, -0.2) is 4.68 Å². The van der Waals surface area contributed by atoms with E-state index >= 15 is 0 Å². The zero-order valence-electron chi connectivity index (χ0n) is 14.1. The summed E-state index contributed by atoms with van der Waals surface area (Å²) in [6.45, 7) is 8.90. The smallest absolute Gasteiger partial charge is 0.229 e. The van der Waals surface area contributed by atoms with E-state index in [1.165, 1.54) is 0 Å². The summed E-state index contributed by atoms with van der Waals surface area (Å²) in [5.74, 6) is 2.67. The van der Waals surface area contributed by atoms with Crippen LogP contribution in [-0.4, -0.2) is 41.8 Å². The molecular weight excluding hydrogens is 294 g/mol. The van der Waals surface area contributed by atoms with E-state index in [4.69, 9.17) is 4.52 Å². The Bertz CT molecular complexity index is 621. The number of likely N-dealkylation sites (tertiary alicyclic amines) is 1. The van der Waals surface area contributed by atoms with Gasteiger partial charge in [-0.15, -0.1) is 5.10 Å². The Hall–Kier alpha value is -1.83. The largest absolute Gasteiger partial charge is 0.339 e. The summed E-state index contributed by atoms with van der Waals surface area (Å²) in [7, 11) is 0. The molecule has 1 aliphatic rings. The molecule has 0 bridgehead atoms. The number of nitrogens with zero attached hydrogens (tertiary/aromatic N) is 7. The SMILES string of the molecule is CCCCn1nnnc1CN1CCC[C@@H]1c1noc(C(C)C)n1. The molecular formula is C15H25N7O. The summed E-state index contributed by atoms with van der Waals surface area (Å²) in [6.07, 6.45) is 4.40. The van der Waals surface area contributed by atoms with Crippen molar-refractivity contribution in [3.8, 4) is 0 Å². The van der Waals surface area contributed by atoms with Crippen LogP contribution in [0.4, 0.5) is 0 Å². The van der Waals surface area contributed by atoms with Gasteiger partial charge >= 0.3 is 0 Å². The highest BCUT2D eigenvalue weighted by atomic mass is 16.5. The standard InChI is InChI=1S/C15H25N7O/c1-4-5-9-22-13(17-19-20-22)10-21-8-6-7-12(21)14-16-15(11(2)3)23-18-14/h11-12H,4-10H2,1-3H3/t12-/m1/s1. The zero-order valence-corrected chi connectivity index (χ0v) is 14.1. The number of hydrogen-bond acceptors (Lipinski definition) is 7. The molecule has 3 rings (SSSR count). The van der Waals surface area contributed by atoms with Gasteiger partial charge < -0.3 is 4.52 Å². The predicted octanol–water partition coefficient (Wildman–Crippen LogP) is 2.32. The lowest BCUT2D eigenvalue weighted by molar-refractivity contribution is 0.223. The highest BCUT2D eigenvalue weighted by Crippen LogP contribution is 2.31. The van der Waals surface area contributed by atoms with Crippen molar-refractivity contribution in [1.29, 1.82) is 0 Å². The van der Waals surface area contributed by atoms with Gasteiger partial charge in [0.15, 0.2) is 11.6 Å². The van der Waals surface area contributed by atoms with Crippen molar-refractivity contribution in [3.05, 3.63) is 17.5 Å². The van der Waals surface area contributed by atoms with Crippen molar-refractivity contribution >= 4 is 0 Å². The molecule has 2 aromatic heterocycles. The minimum Gasteiger partial charge on any atom is -0.339 e. The minimum absolute atomic E-state index is 0.197. The molecule has 0 radical (unpaired) electrons. The molecule has 8 nitrogen and oxygen atoms in total. The van der Waals surface area contributed by atoms with Gasteiger partial charge in [0.1, 0.15) is 0 Å². The lowest BCUT2D eigenvalue weighted by Gasteiger charge is -2.21. The Morgan fingerprint density at radius 3 is 2.96 bits per heavy atom. The molecule has 3 heterocycles. The van der Waals surface area contributed by atoms with Crippen molar-refractivity contribution in [2.24, 2.45) is 0 Å². The van der Waals surface area contributed by atoms with E-state index in [-0.39, 0.29) is 12.0 Å². The van der Waals surface area contributed by atoms with Crippen molar-refractivity contribution in [1.82, 2.24) is 35.2 Å². The minimum atomic E-state index is 0.197. The van der Waals surface area contributed by atoms with Gasteiger partial charge in [0.05, 0.1) is 12.6 Å². The van der Waals surface area contributed by atoms with Crippen LogP contribution in [0.1, 0.15) is 76.0 Å². The van der Waals surface area contributed by atoms with E-state index in [9.17, 15) is 0 Å². The molecule has 0 spiro atoms. The summed E-state index contributed by atoms with van der Waals surface area (Å²) in [6, 6.07) is 0.197. The third kappa shape index (κ3) is 3.57. The van der Waals surface area contributed by atoms with Crippen LogP contribution >= 0.6 is 0 Å². The fourth-order valence-corrected chi connectivity index (χ4v) is 2.92. The van der Waals surface area contributed by atoms with E-state index < -0.39 is 0 Å². The van der Waals surface area contributed by atoms with Crippen molar-refractivity contribution in [2.75, 3.05) is 6.54 Å². The molecule has 2 aromatic rings. The Labute approximate surface area is 136 Å². The molecule has 0 saturated carbocycles. The highest BCUT2D eigenvalue weighted by molar-refractivity contribution is 5.01.